The summed E-state index contributed by atoms with van der Waals surface area (Å²) < 4.78 is 5.63. The molecule has 3 N–H and O–H groups in total. The van der Waals surface area contributed by atoms with E-state index in [1.165, 1.54) is 0 Å². The maximum absolute atomic E-state index is 5.63. The van der Waals surface area contributed by atoms with Gasteiger partial charge in [0.2, 0.25) is 0 Å². The highest BCUT2D eigenvalue weighted by Crippen LogP contribution is 2.42. The van der Waals surface area contributed by atoms with Crippen molar-refractivity contribution in [2.24, 2.45) is 11.1 Å². The smallest absolute Gasteiger partial charge is 0.0655 e. The first-order chi connectivity index (χ1) is 6.12. The molecule has 78 valence electrons. The van der Waals surface area contributed by atoms with Gasteiger partial charge in [0.15, 0.2) is 0 Å². The summed E-state index contributed by atoms with van der Waals surface area (Å²) in [5.74, 6) is 0. The van der Waals surface area contributed by atoms with E-state index in [0.717, 1.165) is 19.6 Å². The van der Waals surface area contributed by atoms with Crippen LogP contribution in [0.4, 0.5) is 0 Å². The standard InChI is InChI=1S/C10H22N2O/c1-4-13-9-7-8(10(9,2)3)12-6-5-11/h8-9,12H,4-7,11H2,1-3H3. The van der Waals surface area contributed by atoms with Gasteiger partial charge in [0.25, 0.3) is 0 Å². The monoisotopic (exact) mass is 186 g/mol. The summed E-state index contributed by atoms with van der Waals surface area (Å²) in [6, 6.07) is 0.576. The minimum Gasteiger partial charge on any atom is -0.378 e. The molecule has 2 atom stereocenters. The molecule has 0 heterocycles. The number of hydrogen-bond donors (Lipinski definition) is 2. The molecule has 1 aliphatic rings. The van der Waals surface area contributed by atoms with Gasteiger partial charge in [0, 0.05) is 31.2 Å². The van der Waals surface area contributed by atoms with Crippen molar-refractivity contribution in [3.8, 4) is 0 Å². The van der Waals surface area contributed by atoms with Gasteiger partial charge in [-0.3, -0.25) is 0 Å². The number of nitrogens with two attached hydrogens (primary N) is 1. The maximum Gasteiger partial charge on any atom is 0.0655 e. The van der Waals surface area contributed by atoms with Crippen LogP contribution in [0.5, 0.6) is 0 Å². The largest absolute Gasteiger partial charge is 0.378 e. The van der Waals surface area contributed by atoms with Gasteiger partial charge in [0.1, 0.15) is 0 Å². The second kappa shape index (κ2) is 4.40. The molecule has 2 unspecified atom stereocenters. The zero-order valence-corrected chi connectivity index (χ0v) is 8.97. The van der Waals surface area contributed by atoms with E-state index in [1.807, 2.05) is 0 Å². The second-order valence-corrected chi connectivity index (χ2v) is 4.30. The van der Waals surface area contributed by atoms with Crippen molar-refractivity contribution in [3.05, 3.63) is 0 Å². The lowest BCUT2D eigenvalue weighted by Crippen LogP contribution is -2.61. The summed E-state index contributed by atoms with van der Waals surface area (Å²) in [4.78, 5) is 0. The zero-order chi connectivity index (χ0) is 9.90. The average Bonchev–Trinajstić information content (AvgIpc) is 2.10. The van der Waals surface area contributed by atoms with Crippen molar-refractivity contribution >= 4 is 0 Å². The fraction of sp³-hybridized carbons (Fsp3) is 1.00. The van der Waals surface area contributed by atoms with Gasteiger partial charge >= 0.3 is 0 Å². The van der Waals surface area contributed by atoms with E-state index in [1.54, 1.807) is 0 Å². The Hall–Kier alpha value is -0.120. The summed E-state index contributed by atoms with van der Waals surface area (Å²) in [7, 11) is 0. The lowest BCUT2D eigenvalue weighted by atomic mass is 9.64. The van der Waals surface area contributed by atoms with Gasteiger partial charge < -0.3 is 15.8 Å². The van der Waals surface area contributed by atoms with Crippen LogP contribution in [0.2, 0.25) is 0 Å². The van der Waals surface area contributed by atoms with Crippen molar-refractivity contribution in [1.82, 2.24) is 5.32 Å². The molecule has 0 bridgehead atoms. The summed E-state index contributed by atoms with van der Waals surface area (Å²) in [6.07, 6.45) is 1.55. The molecule has 0 radical (unpaired) electrons. The minimum atomic E-state index is 0.269. The Balaban J connectivity index is 2.30. The van der Waals surface area contributed by atoms with E-state index in [0.29, 0.717) is 18.7 Å². The molecular weight excluding hydrogens is 164 g/mol. The fourth-order valence-corrected chi connectivity index (χ4v) is 1.97. The second-order valence-electron chi connectivity index (χ2n) is 4.30. The third-order valence-electron chi connectivity index (χ3n) is 3.08. The van der Waals surface area contributed by atoms with Crippen LogP contribution in [-0.2, 0) is 4.74 Å². The van der Waals surface area contributed by atoms with Crippen LogP contribution in [0.15, 0.2) is 0 Å². The van der Waals surface area contributed by atoms with Gasteiger partial charge in [-0.2, -0.15) is 0 Å². The molecule has 0 aromatic rings. The highest BCUT2D eigenvalue weighted by Gasteiger charge is 2.48. The SMILES string of the molecule is CCOC1CC(NCCN)C1(C)C. The Bertz CT molecular complexity index is 159. The summed E-state index contributed by atoms with van der Waals surface area (Å²) >= 11 is 0. The molecule has 1 aliphatic carbocycles. The molecule has 3 heteroatoms. The quantitative estimate of drug-likeness (QED) is 0.665. The van der Waals surface area contributed by atoms with E-state index < -0.39 is 0 Å². The molecule has 1 fully saturated rings. The predicted octanol–water partition coefficient (Wildman–Crippen LogP) is 0.738. The first-order valence-electron chi connectivity index (χ1n) is 5.18. The van der Waals surface area contributed by atoms with E-state index >= 15 is 0 Å². The Kier molecular flexibility index (Phi) is 3.71. The molecular formula is C10H22N2O. The van der Waals surface area contributed by atoms with Crippen molar-refractivity contribution in [2.75, 3.05) is 19.7 Å². The fourth-order valence-electron chi connectivity index (χ4n) is 1.97. The van der Waals surface area contributed by atoms with Crippen LogP contribution in [0.1, 0.15) is 27.2 Å². The lowest BCUT2D eigenvalue weighted by molar-refractivity contribution is -0.113. The predicted molar refractivity (Wildman–Crippen MR) is 54.7 cm³/mol. The van der Waals surface area contributed by atoms with E-state index in [2.05, 4.69) is 26.1 Å². The zero-order valence-electron chi connectivity index (χ0n) is 8.97. The van der Waals surface area contributed by atoms with Crippen LogP contribution in [0.3, 0.4) is 0 Å². The number of rotatable bonds is 5. The summed E-state index contributed by atoms with van der Waals surface area (Å²) in [6.45, 7) is 9.00. The number of nitrogens with one attached hydrogen (secondary N) is 1. The Morgan fingerprint density at radius 3 is 2.69 bits per heavy atom. The van der Waals surface area contributed by atoms with Crippen LogP contribution < -0.4 is 11.1 Å². The highest BCUT2D eigenvalue weighted by molar-refractivity contribution is 5.02. The van der Waals surface area contributed by atoms with Gasteiger partial charge in [-0.25, -0.2) is 0 Å². The third kappa shape index (κ3) is 2.22. The molecule has 1 rings (SSSR count). The molecule has 0 spiro atoms. The summed E-state index contributed by atoms with van der Waals surface area (Å²) in [5.41, 5.74) is 5.71. The lowest BCUT2D eigenvalue weighted by Gasteiger charge is -2.52. The Morgan fingerprint density at radius 1 is 1.54 bits per heavy atom. The van der Waals surface area contributed by atoms with Gasteiger partial charge in [-0.15, -0.1) is 0 Å². The first kappa shape index (κ1) is 11.0. The normalized spacial score (nSPS) is 31.4. The van der Waals surface area contributed by atoms with Crippen molar-refractivity contribution in [2.45, 2.75) is 39.3 Å². The first-order valence-corrected chi connectivity index (χ1v) is 5.18. The molecule has 0 saturated heterocycles. The topological polar surface area (TPSA) is 47.3 Å². The number of hydrogen-bond acceptors (Lipinski definition) is 3. The van der Waals surface area contributed by atoms with E-state index in [-0.39, 0.29) is 5.41 Å². The minimum absolute atomic E-state index is 0.269. The van der Waals surface area contributed by atoms with Crippen molar-refractivity contribution in [1.29, 1.82) is 0 Å². The average molecular weight is 186 g/mol. The van der Waals surface area contributed by atoms with Crippen LogP contribution in [-0.4, -0.2) is 31.8 Å². The van der Waals surface area contributed by atoms with Crippen LogP contribution in [0.25, 0.3) is 0 Å². The third-order valence-corrected chi connectivity index (χ3v) is 3.08. The number of ether oxygens (including phenoxy) is 1. The highest BCUT2D eigenvalue weighted by atomic mass is 16.5. The van der Waals surface area contributed by atoms with Gasteiger partial charge in [0.05, 0.1) is 6.10 Å². The van der Waals surface area contributed by atoms with Crippen molar-refractivity contribution in [3.63, 3.8) is 0 Å². The summed E-state index contributed by atoms with van der Waals surface area (Å²) in [5, 5.41) is 3.44. The molecule has 0 aromatic carbocycles. The Labute approximate surface area is 81.0 Å². The Morgan fingerprint density at radius 2 is 2.23 bits per heavy atom. The van der Waals surface area contributed by atoms with Crippen molar-refractivity contribution < 1.29 is 4.74 Å². The molecule has 13 heavy (non-hydrogen) atoms. The molecule has 0 aliphatic heterocycles. The molecule has 0 aromatic heterocycles. The molecule has 3 nitrogen and oxygen atoms in total. The maximum atomic E-state index is 5.63. The van der Waals surface area contributed by atoms with Gasteiger partial charge in [-0.1, -0.05) is 13.8 Å². The van der Waals surface area contributed by atoms with Crippen LogP contribution >= 0.6 is 0 Å². The van der Waals surface area contributed by atoms with Gasteiger partial charge in [-0.05, 0) is 13.3 Å². The molecule has 0 amide bonds. The molecule has 1 saturated carbocycles. The van der Waals surface area contributed by atoms with E-state index in [9.17, 15) is 0 Å². The van der Waals surface area contributed by atoms with E-state index in [4.69, 9.17) is 10.5 Å². The van der Waals surface area contributed by atoms with Crippen LogP contribution in [0, 0.1) is 5.41 Å².